The summed E-state index contributed by atoms with van der Waals surface area (Å²) in [6, 6.07) is 0. The minimum absolute atomic E-state index is 0.0111. The molecule has 0 aliphatic carbocycles. The van der Waals surface area contributed by atoms with E-state index in [4.69, 9.17) is 10.5 Å². The summed E-state index contributed by atoms with van der Waals surface area (Å²) in [6.45, 7) is 8.70. The lowest BCUT2D eigenvalue weighted by Gasteiger charge is -2.18. The van der Waals surface area contributed by atoms with Gasteiger partial charge in [0.15, 0.2) is 0 Å². The lowest BCUT2D eigenvalue weighted by molar-refractivity contribution is -0.122. The van der Waals surface area contributed by atoms with E-state index in [-0.39, 0.29) is 12.0 Å². The number of primary amides is 1. The van der Waals surface area contributed by atoms with Crippen LogP contribution in [0.25, 0.3) is 0 Å². The van der Waals surface area contributed by atoms with E-state index < -0.39 is 5.91 Å². The molecule has 0 bridgehead atoms. The summed E-state index contributed by atoms with van der Waals surface area (Å²) in [6.07, 6.45) is 0. The van der Waals surface area contributed by atoms with Crippen LogP contribution in [0.4, 0.5) is 0 Å². The quantitative estimate of drug-likeness (QED) is 0.582. The molecular formula is C9H20N2O2. The molecule has 0 saturated heterocycles. The van der Waals surface area contributed by atoms with Crippen LogP contribution in [0.2, 0.25) is 0 Å². The minimum atomic E-state index is -0.421. The van der Waals surface area contributed by atoms with Gasteiger partial charge in [0.05, 0.1) is 6.61 Å². The van der Waals surface area contributed by atoms with E-state index in [1.807, 2.05) is 0 Å². The maximum atomic E-state index is 10.3. The highest BCUT2D eigenvalue weighted by molar-refractivity contribution is 5.74. The smallest absolute Gasteiger partial charge is 0.243 e. The topological polar surface area (TPSA) is 64.3 Å². The highest BCUT2D eigenvalue weighted by Crippen LogP contribution is 2.09. The molecule has 0 atom stereocenters. The third-order valence-electron chi connectivity index (χ3n) is 1.32. The molecule has 0 rings (SSSR count). The fourth-order valence-corrected chi connectivity index (χ4v) is 0.780. The lowest BCUT2D eigenvalue weighted by atomic mass is 9.97. The van der Waals surface area contributed by atoms with Crippen molar-refractivity contribution in [2.45, 2.75) is 20.8 Å². The van der Waals surface area contributed by atoms with E-state index >= 15 is 0 Å². The first kappa shape index (κ1) is 12.4. The van der Waals surface area contributed by atoms with Crippen LogP contribution in [0.5, 0.6) is 0 Å². The van der Waals surface area contributed by atoms with Gasteiger partial charge in [-0.15, -0.1) is 0 Å². The van der Waals surface area contributed by atoms with Crippen molar-refractivity contribution in [1.82, 2.24) is 5.32 Å². The predicted octanol–water partition coefficient (Wildman–Crippen LogP) is 0.124. The Morgan fingerprint density at radius 2 is 2.08 bits per heavy atom. The number of rotatable bonds is 6. The average molecular weight is 188 g/mol. The molecule has 4 heteroatoms. The zero-order valence-electron chi connectivity index (χ0n) is 8.72. The summed E-state index contributed by atoms with van der Waals surface area (Å²) in [5, 5.41) is 3.22. The Labute approximate surface area is 79.8 Å². The van der Waals surface area contributed by atoms with Gasteiger partial charge < -0.3 is 15.8 Å². The molecule has 0 aromatic rings. The third kappa shape index (κ3) is 11.4. The Hall–Kier alpha value is -0.610. The zero-order valence-corrected chi connectivity index (χ0v) is 8.72. The Morgan fingerprint density at radius 1 is 1.46 bits per heavy atom. The molecular weight excluding hydrogens is 168 g/mol. The fraction of sp³-hybridized carbons (Fsp3) is 0.889. The molecule has 3 N–H and O–H groups in total. The number of hydrogen-bond donors (Lipinski definition) is 2. The highest BCUT2D eigenvalue weighted by Gasteiger charge is 2.08. The molecule has 4 nitrogen and oxygen atoms in total. The number of hydrogen-bond acceptors (Lipinski definition) is 3. The number of amides is 1. The first-order valence-corrected chi connectivity index (χ1v) is 4.48. The molecule has 0 saturated carbocycles. The van der Waals surface area contributed by atoms with Crippen molar-refractivity contribution in [3.63, 3.8) is 0 Å². The maximum absolute atomic E-state index is 10.3. The van der Waals surface area contributed by atoms with Crippen molar-refractivity contribution < 1.29 is 9.53 Å². The average Bonchev–Trinajstić information content (AvgIpc) is 1.93. The fourth-order valence-electron chi connectivity index (χ4n) is 0.780. The van der Waals surface area contributed by atoms with Gasteiger partial charge >= 0.3 is 0 Å². The number of nitrogens with two attached hydrogens (primary N) is 1. The van der Waals surface area contributed by atoms with Crippen LogP contribution in [0.3, 0.4) is 0 Å². The van der Waals surface area contributed by atoms with Crippen molar-refractivity contribution in [2.75, 3.05) is 26.3 Å². The summed E-state index contributed by atoms with van der Waals surface area (Å²) >= 11 is 0. The third-order valence-corrected chi connectivity index (χ3v) is 1.32. The number of carbonyl (C=O) groups is 1. The van der Waals surface area contributed by atoms with Gasteiger partial charge in [-0.2, -0.15) is 0 Å². The van der Waals surface area contributed by atoms with E-state index in [1.165, 1.54) is 0 Å². The van der Waals surface area contributed by atoms with E-state index in [0.29, 0.717) is 6.61 Å². The summed E-state index contributed by atoms with van der Waals surface area (Å²) < 4.78 is 4.97. The van der Waals surface area contributed by atoms with Gasteiger partial charge in [0.2, 0.25) is 5.91 Å². The number of ether oxygens (including phenoxy) is 1. The van der Waals surface area contributed by atoms with E-state index in [0.717, 1.165) is 13.1 Å². The van der Waals surface area contributed by atoms with Gasteiger partial charge in [0.25, 0.3) is 0 Å². The van der Waals surface area contributed by atoms with Crippen LogP contribution < -0.4 is 11.1 Å². The van der Waals surface area contributed by atoms with Gasteiger partial charge in [-0.3, -0.25) is 4.79 Å². The normalized spacial score (nSPS) is 11.6. The zero-order chi connectivity index (χ0) is 10.3. The van der Waals surface area contributed by atoms with Crippen molar-refractivity contribution >= 4 is 5.91 Å². The van der Waals surface area contributed by atoms with Gasteiger partial charge in [-0.25, -0.2) is 0 Å². The maximum Gasteiger partial charge on any atom is 0.243 e. The van der Waals surface area contributed by atoms with Crippen LogP contribution >= 0.6 is 0 Å². The van der Waals surface area contributed by atoms with Crippen LogP contribution in [0, 0.1) is 5.41 Å². The van der Waals surface area contributed by atoms with Crippen molar-refractivity contribution in [3.05, 3.63) is 0 Å². The van der Waals surface area contributed by atoms with E-state index in [9.17, 15) is 4.79 Å². The second-order valence-electron chi connectivity index (χ2n) is 4.26. The van der Waals surface area contributed by atoms with Crippen molar-refractivity contribution in [3.8, 4) is 0 Å². The van der Waals surface area contributed by atoms with Crippen LogP contribution in [-0.4, -0.2) is 32.2 Å². The van der Waals surface area contributed by atoms with Crippen molar-refractivity contribution in [2.24, 2.45) is 11.1 Å². The number of carbonyl (C=O) groups excluding carboxylic acids is 1. The first-order valence-electron chi connectivity index (χ1n) is 4.48. The number of nitrogens with one attached hydrogen (secondary N) is 1. The van der Waals surface area contributed by atoms with Crippen LogP contribution in [0.1, 0.15) is 20.8 Å². The summed E-state index contributed by atoms with van der Waals surface area (Å²) in [5.74, 6) is -0.421. The van der Waals surface area contributed by atoms with Crippen molar-refractivity contribution in [1.29, 1.82) is 0 Å². The molecule has 13 heavy (non-hydrogen) atoms. The predicted molar refractivity (Wildman–Crippen MR) is 52.3 cm³/mol. The first-order chi connectivity index (χ1) is 5.92. The van der Waals surface area contributed by atoms with Crippen LogP contribution in [0.15, 0.2) is 0 Å². The van der Waals surface area contributed by atoms with Gasteiger partial charge in [-0.05, 0) is 5.41 Å². The summed E-state index contributed by atoms with van der Waals surface area (Å²) in [7, 11) is 0. The lowest BCUT2D eigenvalue weighted by Crippen LogP contribution is -2.30. The Morgan fingerprint density at radius 3 is 2.54 bits per heavy atom. The van der Waals surface area contributed by atoms with Crippen LogP contribution in [-0.2, 0) is 9.53 Å². The molecule has 0 aromatic carbocycles. The molecule has 0 spiro atoms. The standard InChI is InChI=1S/C9H20N2O2/c1-9(2,3)7-11-4-5-13-6-8(10)12/h11H,4-7H2,1-3H3,(H2,10,12). The Kier molecular flexibility index (Phi) is 5.66. The molecule has 0 aromatic heterocycles. The van der Waals surface area contributed by atoms with Gasteiger partial charge in [0, 0.05) is 13.1 Å². The van der Waals surface area contributed by atoms with Gasteiger partial charge in [0.1, 0.15) is 6.61 Å². The molecule has 1 amide bonds. The largest absolute Gasteiger partial charge is 0.370 e. The molecule has 0 radical (unpaired) electrons. The molecule has 0 fully saturated rings. The molecule has 0 aliphatic heterocycles. The SMILES string of the molecule is CC(C)(C)CNCCOCC(N)=O. The summed E-state index contributed by atoms with van der Waals surface area (Å²) in [5.41, 5.74) is 5.17. The molecule has 0 unspecified atom stereocenters. The molecule has 0 aliphatic rings. The van der Waals surface area contributed by atoms with Gasteiger partial charge in [-0.1, -0.05) is 20.8 Å². The highest BCUT2D eigenvalue weighted by atomic mass is 16.5. The Bertz CT molecular complexity index is 152. The molecule has 0 heterocycles. The molecule has 78 valence electrons. The van der Waals surface area contributed by atoms with E-state index in [1.54, 1.807) is 0 Å². The monoisotopic (exact) mass is 188 g/mol. The minimum Gasteiger partial charge on any atom is -0.370 e. The second-order valence-corrected chi connectivity index (χ2v) is 4.26. The summed E-state index contributed by atoms with van der Waals surface area (Å²) in [4.78, 5) is 10.3. The Balaban J connectivity index is 3.13. The van der Waals surface area contributed by atoms with E-state index in [2.05, 4.69) is 26.1 Å². The second kappa shape index (κ2) is 5.94.